The highest BCUT2D eigenvalue weighted by Crippen LogP contribution is 2.13. The van der Waals surface area contributed by atoms with Gasteiger partial charge in [-0.15, -0.1) is 5.10 Å². The Balaban J connectivity index is 2.02. The summed E-state index contributed by atoms with van der Waals surface area (Å²) in [6.07, 6.45) is 1.82. The van der Waals surface area contributed by atoms with Gasteiger partial charge in [-0.25, -0.2) is 9.89 Å². The van der Waals surface area contributed by atoms with Gasteiger partial charge in [-0.2, -0.15) is 5.10 Å². The van der Waals surface area contributed by atoms with Gasteiger partial charge in [0.25, 0.3) is 0 Å². The standard InChI is InChI=1S/C9H12IN5O2/c1-14(5-8-12-13-9(16)17-8)4-7-6(10)3-11-15(7)2/h3H,4-5H2,1-2H3,(H,13,16). The van der Waals surface area contributed by atoms with E-state index < -0.39 is 5.76 Å². The molecule has 92 valence electrons. The Labute approximate surface area is 111 Å². The van der Waals surface area contributed by atoms with E-state index in [-0.39, 0.29) is 0 Å². The van der Waals surface area contributed by atoms with E-state index in [1.807, 2.05) is 29.9 Å². The average molecular weight is 349 g/mol. The summed E-state index contributed by atoms with van der Waals surface area (Å²) in [7, 11) is 3.83. The molecule has 2 aromatic heterocycles. The lowest BCUT2D eigenvalue weighted by Gasteiger charge is -2.14. The van der Waals surface area contributed by atoms with Crippen molar-refractivity contribution < 1.29 is 4.42 Å². The van der Waals surface area contributed by atoms with Crippen molar-refractivity contribution in [2.45, 2.75) is 13.1 Å². The van der Waals surface area contributed by atoms with Gasteiger partial charge in [-0.1, -0.05) is 0 Å². The summed E-state index contributed by atoms with van der Waals surface area (Å²) in [5.74, 6) is -0.141. The normalized spacial score (nSPS) is 11.3. The van der Waals surface area contributed by atoms with Crippen LogP contribution in [0.1, 0.15) is 11.6 Å². The lowest BCUT2D eigenvalue weighted by atomic mass is 10.4. The van der Waals surface area contributed by atoms with Crippen molar-refractivity contribution in [2.24, 2.45) is 7.05 Å². The molecule has 0 spiro atoms. The molecular formula is C9H12IN5O2. The Kier molecular flexibility index (Phi) is 3.62. The monoisotopic (exact) mass is 349 g/mol. The average Bonchev–Trinajstić information content (AvgIpc) is 2.79. The maximum atomic E-state index is 10.8. The lowest BCUT2D eigenvalue weighted by molar-refractivity contribution is 0.271. The molecule has 0 aliphatic carbocycles. The van der Waals surface area contributed by atoms with Crippen LogP contribution >= 0.6 is 22.6 Å². The molecule has 0 unspecified atom stereocenters. The SMILES string of the molecule is CN(Cc1n[nH]c(=O)o1)Cc1c(I)cnn1C. The second-order valence-corrected chi connectivity index (χ2v) is 4.90. The van der Waals surface area contributed by atoms with Gasteiger partial charge in [-0.05, 0) is 29.6 Å². The van der Waals surface area contributed by atoms with E-state index in [1.54, 1.807) is 0 Å². The van der Waals surface area contributed by atoms with Crippen molar-refractivity contribution in [3.63, 3.8) is 0 Å². The van der Waals surface area contributed by atoms with Gasteiger partial charge in [0.2, 0.25) is 5.89 Å². The van der Waals surface area contributed by atoms with Crippen molar-refractivity contribution in [3.8, 4) is 0 Å². The smallest absolute Gasteiger partial charge is 0.391 e. The molecule has 0 bridgehead atoms. The summed E-state index contributed by atoms with van der Waals surface area (Å²) in [5, 5.41) is 10.2. The molecule has 0 saturated heterocycles. The number of halogens is 1. The minimum atomic E-state index is -0.525. The molecule has 0 atom stereocenters. The first-order valence-electron chi connectivity index (χ1n) is 4.95. The van der Waals surface area contributed by atoms with Gasteiger partial charge < -0.3 is 4.42 Å². The number of rotatable bonds is 4. The number of hydrogen-bond acceptors (Lipinski definition) is 5. The molecule has 0 aliphatic heterocycles. The minimum absolute atomic E-state index is 0.384. The van der Waals surface area contributed by atoms with Gasteiger partial charge in [0.1, 0.15) is 0 Å². The summed E-state index contributed by atoms with van der Waals surface area (Å²) >= 11 is 2.24. The van der Waals surface area contributed by atoms with Crippen LogP contribution in [0, 0.1) is 3.57 Å². The third kappa shape index (κ3) is 2.94. The molecule has 0 radical (unpaired) electrons. The van der Waals surface area contributed by atoms with Crippen molar-refractivity contribution in [2.75, 3.05) is 7.05 Å². The van der Waals surface area contributed by atoms with Crippen molar-refractivity contribution in [1.29, 1.82) is 0 Å². The molecule has 0 aromatic carbocycles. The first-order chi connectivity index (χ1) is 8.06. The predicted octanol–water partition coefficient (Wildman–Crippen LogP) is 0.333. The van der Waals surface area contributed by atoms with Crippen LogP contribution in [0.5, 0.6) is 0 Å². The van der Waals surface area contributed by atoms with Gasteiger partial charge >= 0.3 is 5.76 Å². The fraction of sp³-hybridized carbons (Fsp3) is 0.444. The molecule has 0 fully saturated rings. The Morgan fingerprint density at radius 1 is 1.59 bits per heavy atom. The first kappa shape index (κ1) is 12.3. The Morgan fingerprint density at radius 3 is 2.88 bits per heavy atom. The minimum Gasteiger partial charge on any atom is -0.391 e. The maximum absolute atomic E-state index is 10.8. The van der Waals surface area contributed by atoms with Gasteiger partial charge in [0.05, 0.1) is 22.0 Å². The number of aryl methyl sites for hydroxylation is 1. The van der Waals surface area contributed by atoms with Crippen LogP contribution in [0.25, 0.3) is 0 Å². The van der Waals surface area contributed by atoms with Crippen molar-refractivity contribution in [3.05, 3.63) is 31.9 Å². The highest BCUT2D eigenvalue weighted by atomic mass is 127. The topological polar surface area (TPSA) is 80.0 Å². The Hall–Kier alpha value is -1.16. The van der Waals surface area contributed by atoms with Gasteiger partial charge in [0.15, 0.2) is 0 Å². The summed E-state index contributed by atoms with van der Waals surface area (Å²) < 4.78 is 7.79. The number of nitrogens with zero attached hydrogens (tertiary/aromatic N) is 4. The number of aromatic nitrogens is 4. The summed E-state index contributed by atoms with van der Waals surface area (Å²) in [4.78, 5) is 12.8. The van der Waals surface area contributed by atoms with E-state index in [2.05, 4.69) is 37.9 Å². The second-order valence-electron chi connectivity index (χ2n) is 3.74. The van der Waals surface area contributed by atoms with Gasteiger partial charge in [-0.3, -0.25) is 9.58 Å². The highest BCUT2D eigenvalue weighted by molar-refractivity contribution is 14.1. The van der Waals surface area contributed by atoms with E-state index in [1.165, 1.54) is 0 Å². The highest BCUT2D eigenvalue weighted by Gasteiger charge is 2.11. The Bertz CT molecular complexity index is 538. The van der Waals surface area contributed by atoms with Crippen molar-refractivity contribution in [1.82, 2.24) is 24.9 Å². The van der Waals surface area contributed by atoms with Crippen LogP contribution in [-0.2, 0) is 20.1 Å². The number of hydrogen-bond donors (Lipinski definition) is 1. The molecule has 2 rings (SSSR count). The number of nitrogens with one attached hydrogen (secondary N) is 1. The number of H-pyrrole nitrogens is 1. The molecular weight excluding hydrogens is 337 g/mol. The summed E-state index contributed by atoms with van der Waals surface area (Å²) in [5.41, 5.74) is 1.12. The van der Waals surface area contributed by atoms with Crippen molar-refractivity contribution >= 4 is 22.6 Å². The summed E-state index contributed by atoms with van der Waals surface area (Å²) in [6.45, 7) is 1.19. The first-order valence-corrected chi connectivity index (χ1v) is 6.03. The van der Waals surface area contributed by atoms with Crippen LogP contribution in [-0.4, -0.2) is 31.9 Å². The summed E-state index contributed by atoms with van der Waals surface area (Å²) in [6, 6.07) is 0. The largest absolute Gasteiger partial charge is 0.434 e. The molecule has 0 aliphatic rings. The molecule has 0 saturated carbocycles. The molecule has 7 nitrogen and oxygen atoms in total. The van der Waals surface area contributed by atoms with Crippen LogP contribution in [0.3, 0.4) is 0 Å². The van der Waals surface area contributed by atoms with E-state index >= 15 is 0 Å². The molecule has 0 amide bonds. The molecule has 17 heavy (non-hydrogen) atoms. The molecule has 2 heterocycles. The predicted molar refractivity (Wildman–Crippen MR) is 68.2 cm³/mol. The lowest BCUT2D eigenvalue weighted by Crippen LogP contribution is -2.20. The van der Waals surface area contributed by atoms with Gasteiger partial charge in [0, 0.05) is 13.6 Å². The number of aromatic amines is 1. The van der Waals surface area contributed by atoms with Crippen LogP contribution in [0.4, 0.5) is 0 Å². The third-order valence-corrected chi connectivity index (χ3v) is 3.22. The van der Waals surface area contributed by atoms with Crippen LogP contribution in [0.2, 0.25) is 0 Å². The van der Waals surface area contributed by atoms with E-state index in [9.17, 15) is 4.79 Å². The fourth-order valence-electron chi connectivity index (χ4n) is 1.48. The van der Waals surface area contributed by atoms with Crippen LogP contribution < -0.4 is 5.76 Å². The molecule has 2 aromatic rings. The zero-order chi connectivity index (χ0) is 12.4. The van der Waals surface area contributed by atoms with E-state index in [4.69, 9.17) is 4.42 Å². The molecule has 1 N–H and O–H groups in total. The zero-order valence-corrected chi connectivity index (χ0v) is 11.6. The van der Waals surface area contributed by atoms with E-state index in [0.29, 0.717) is 19.0 Å². The molecule has 8 heteroatoms. The quantitative estimate of drug-likeness (QED) is 0.805. The maximum Gasteiger partial charge on any atom is 0.434 e. The Morgan fingerprint density at radius 2 is 2.35 bits per heavy atom. The zero-order valence-electron chi connectivity index (χ0n) is 9.47. The second kappa shape index (κ2) is 5.00. The van der Waals surface area contributed by atoms with Crippen LogP contribution in [0.15, 0.2) is 15.4 Å². The van der Waals surface area contributed by atoms with E-state index in [0.717, 1.165) is 9.26 Å². The fourth-order valence-corrected chi connectivity index (χ4v) is 2.13. The third-order valence-electron chi connectivity index (χ3n) is 2.32.